The van der Waals surface area contributed by atoms with Crippen LogP contribution in [0.2, 0.25) is 10.0 Å². The maximum absolute atomic E-state index is 13.0. The number of alkyl halides is 3. The molecule has 2 rings (SSSR count). The van der Waals surface area contributed by atoms with Crippen LogP contribution in [-0.4, -0.2) is 32.3 Å². The molecule has 2 aromatic rings. The fraction of sp³-hybridized carbons (Fsp3) is 0.188. The number of carbonyl (C=O) groups excluding carboxylic acids is 1. The predicted octanol–water partition coefficient (Wildman–Crippen LogP) is 3.04. The van der Waals surface area contributed by atoms with Crippen molar-refractivity contribution in [2.24, 2.45) is 0 Å². The Hall–Kier alpha value is -2.41. The lowest BCUT2D eigenvalue weighted by atomic mass is 10.2. The number of nitrogens with two attached hydrogens (primary N) is 1. The third-order valence-electron chi connectivity index (χ3n) is 3.64. The van der Waals surface area contributed by atoms with Gasteiger partial charge >= 0.3 is 6.18 Å². The lowest BCUT2D eigenvalue weighted by Crippen LogP contribution is -2.42. The molecule has 1 atom stereocenters. The molecule has 162 valence electrons. The summed E-state index contributed by atoms with van der Waals surface area (Å²) in [6.07, 6.45) is -3.42. The highest BCUT2D eigenvalue weighted by Gasteiger charge is 2.34. The highest BCUT2D eigenvalue weighted by atomic mass is 35.5. The molecule has 14 heteroatoms. The number of halogens is 5. The number of carbonyl (C=O) groups is 1. The van der Waals surface area contributed by atoms with Crippen LogP contribution in [0.1, 0.15) is 18.2 Å². The second-order valence-electron chi connectivity index (χ2n) is 5.95. The van der Waals surface area contributed by atoms with Crippen LogP contribution in [0, 0.1) is 5.41 Å². The van der Waals surface area contributed by atoms with Crippen molar-refractivity contribution in [2.75, 3.05) is 12.0 Å². The molecule has 0 radical (unpaired) electrons. The minimum atomic E-state index is -4.68. The van der Waals surface area contributed by atoms with Crippen LogP contribution in [0.3, 0.4) is 0 Å². The van der Waals surface area contributed by atoms with Gasteiger partial charge in [0.25, 0.3) is 5.91 Å². The molecular weight excluding hydrogens is 468 g/mol. The second kappa shape index (κ2) is 8.76. The topological polar surface area (TPSA) is 132 Å². The Labute approximate surface area is 181 Å². The maximum atomic E-state index is 13.0. The lowest BCUT2D eigenvalue weighted by Gasteiger charge is -2.13. The average molecular weight is 483 g/mol. The van der Waals surface area contributed by atoms with Crippen molar-refractivity contribution in [2.45, 2.75) is 18.0 Å². The van der Waals surface area contributed by atoms with E-state index in [2.05, 4.69) is 22.5 Å². The van der Waals surface area contributed by atoms with Crippen LogP contribution in [0.5, 0.6) is 0 Å². The van der Waals surface area contributed by atoms with Gasteiger partial charge in [0, 0.05) is 5.57 Å². The first-order chi connectivity index (χ1) is 13.8. The van der Waals surface area contributed by atoms with Gasteiger partial charge in [-0.2, -0.15) is 18.3 Å². The van der Waals surface area contributed by atoms with E-state index in [9.17, 15) is 22.5 Å². The van der Waals surface area contributed by atoms with Crippen LogP contribution >= 0.6 is 23.2 Å². The number of aromatic nitrogens is 2. The van der Waals surface area contributed by atoms with Crippen molar-refractivity contribution in [1.82, 2.24) is 20.6 Å². The van der Waals surface area contributed by atoms with Crippen molar-refractivity contribution in [3.8, 4) is 5.69 Å². The summed E-state index contributed by atoms with van der Waals surface area (Å²) in [5, 5.41) is 11.2. The molecule has 0 bridgehead atoms. The predicted molar refractivity (Wildman–Crippen MR) is 108 cm³/mol. The Kier molecular flexibility index (Phi) is 6.97. The molecule has 8 nitrogen and oxygen atoms in total. The highest BCUT2D eigenvalue weighted by molar-refractivity contribution is 7.91. The average Bonchev–Trinajstić information content (AvgIpc) is 2.95. The number of amidine groups is 1. The van der Waals surface area contributed by atoms with Crippen LogP contribution in [0.25, 0.3) is 5.69 Å². The summed E-state index contributed by atoms with van der Waals surface area (Å²) in [5.41, 5.74) is 9.08. The van der Waals surface area contributed by atoms with E-state index in [4.69, 9.17) is 34.3 Å². The minimum Gasteiger partial charge on any atom is -0.611 e. The van der Waals surface area contributed by atoms with Crippen molar-refractivity contribution in [1.29, 1.82) is 5.41 Å². The van der Waals surface area contributed by atoms with Crippen LogP contribution in [0.4, 0.5) is 19.0 Å². The first-order valence-corrected chi connectivity index (χ1v) is 10.2. The van der Waals surface area contributed by atoms with Gasteiger partial charge in [-0.25, -0.2) is 4.68 Å². The SMILES string of the molecule is C=C(C)C(=O)NNC(=N)c1nn(-c2c(Cl)cc(C(F)(F)F)cc2Cl)c(N)c1[S+](C)[O-]. The number of hydrogen-bond acceptors (Lipinski definition) is 5. The zero-order valence-electron chi connectivity index (χ0n) is 15.4. The van der Waals surface area contributed by atoms with E-state index < -0.39 is 44.7 Å². The molecule has 0 aliphatic heterocycles. The summed E-state index contributed by atoms with van der Waals surface area (Å²) in [5.74, 6) is -1.35. The van der Waals surface area contributed by atoms with Crippen molar-refractivity contribution in [3.63, 3.8) is 0 Å². The smallest absolute Gasteiger partial charge is 0.416 e. The number of nitrogen functional groups attached to an aromatic ring is 1. The fourth-order valence-corrected chi connectivity index (χ4v) is 3.69. The number of amides is 1. The number of hydrazine groups is 1. The standard InChI is InChI=1S/C16H15Cl2F3N6O2S/c1-6(2)15(28)25-24-13(22)10-12(30(3)29)14(23)27(26-10)11-8(17)4-7(5-9(11)18)16(19,20)21/h4-5H,1,23H2,2-3H3,(H2,22,24)(H,25,28). The number of nitrogens with one attached hydrogen (secondary N) is 3. The fourth-order valence-electron chi connectivity index (χ4n) is 2.25. The quantitative estimate of drug-likeness (QED) is 0.175. The lowest BCUT2D eigenvalue weighted by molar-refractivity contribution is -0.137. The van der Waals surface area contributed by atoms with Gasteiger partial charge in [0.05, 0.1) is 15.6 Å². The molecule has 1 aromatic heterocycles. The van der Waals surface area contributed by atoms with E-state index in [1.807, 2.05) is 0 Å². The summed E-state index contributed by atoms with van der Waals surface area (Å²) < 4.78 is 52.0. The first kappa shape index (κ1) is 23.9. The van der Waals surface area contributed by atoms with Crippen LogP contribution < -0.4 is 16.6 Å². The van der Waals surface area contributed by atoms with Crippen molar-refractivity contribution in [3.05, 3.63) is 45.6 Å². The Bertz CT molecular complexity index is 1020. The molecule has 0 saturated carbocycles. The summed E-state index contributed by atoms with van der Waals surface area (Å²) in [6, 6.07) is 1.28. The van der Waals surface area contributed by atoms with Crippen LogP contribution in [-0.2, 0) is 22.1 Å². The molecule has 0 saturated heterocycles. The van der Waals surface area contributed by atoms with Gasteiger partial charge in [0.15, 0.2) is 17.3 Å². The zero-order chi connectivity index (χ0) is 23.0. The first-order valence-electron chi connectivity index (χ1n) is 7.85. The molecule has 0 fully saturated rings. The molecule has 0 spiro atoms. The number of rotatable bonds is 4. The van der Waals surface area contributed by atoms with Gasteiger partial charge in [-0.1, -0.05) is 29.8 Å². The molecule has 0 aliphatic rings. The van der Waals surface area contributed by atoms with Gasteiger partial charge in [-0.05, 0) is 30.2 Å². The van der Waals surface area contributed by atoms with Gasteiger partial charge in [0.2, 0.25) is 4.90 Å². The van der Waals surface area contributed by atoms with E-state index in [0.717, 1.165) is 4.68 Å². The summed E-state index contributed by atoms with van der Waals surface area (Å²) in [7, 11) is 0. The highest BCUT2D eigenvalue weighted by Crippen LogP contribution is 2.39. The summed E-state index contributed by atoms with van der Waals surface area (Å²) in [4.78, 5) is 11.5. The maximum Gasteiger partial charge on any atom is 0.416 e. The van der Waals surface area contributed by atoms with Gasteiger partial charge in [-0.15, -0.1) is 0 Å². The van der Waals surface area contributed by atoms with Crippen molar-refractivity contribution < 1.29 is 22.5 Å². The zero-order valence-corrected chi connectivity index (χ0v) is 17.8. The monoisotopic (exact) mass is 482 g/mol. The Morgan fingerprint density at radius 1 is 1.33 bits per heavy atom. The second-order valence-corrected chi connectivity index (χ2v) is 8.08. The molecule has 1 amide bonds. The molecular formula is C16H15Cl2F3N6O2S. The number of nitrogens with zero attached hydrogens (tertiary/aromatic N) is 2. The number of anilines is 1. The van der Waals surface area contributed by atoms with E-state index in [1.165, 1.54) is 13.2 Å². The Morgan fingerprint density at radius 2 is 1.87 bits per heavy atom. The molecule has 5 N–H and O–H groups in total. The third-order valence-corrected chi connectivity index (χ3v) is 5.20. The molecule has 1 aromatic carbocycles. The number of hydrogen-bond donors (Lipinski definition) is 4. The summed E-state index contributed by atoms with van der Waals surface area (Å²) in [6.45, 7) is 4.87. The third kappa shape index (κ3) is 4.83. The Balaban J connectivity index is 2.56. The van der Waals surface area contributed by atoms with Gasteiger partial charge < -0.3 is 10.3 Å². The van der Waals surface area contributed by atoms with Crippen molar-refractivity contribution >= 4 is 51.9 Å². The van der Waals surface area contributed by atoms with Crippen LogP contribution in [0.15, 0.2) is 29.2 Å². The number of benzene rings is 1. The minimum absolute atomic E-state index is 0.107. The van der Waals surface area contributed by atoms with E-state index in [0.29, 0.717) is 12.1 Å². The summed E-state index contributed by atoms with van der Waals surface area (Å²) >= 11 is 10.2. The molecule has 1 unspecified atom stereocenters. The largest absolute Gasteiger partial charge is 0.611 e. The van der Waals surface area contributed by atoms with Gasteiger partial charge in [0.1, 0.15) is 11.9 Å². The normalized spacial score (nSPS) is 12.4. The molecule has 0 aliphatic carbocycles. The van der Waals surface area contributed by atoms with E-state index in [1.54, 1.807) is 0 Å². The van der Waals surface area contributed by atoms with E-state index in [-0.39, 0.29) is 27.7 Å². The molecule has 30 heavy (non-hydrogen) atoms. The Morgan fingerprint density at radius 3 is 2.30 bits per heavy atom. The molecule has 1 heterocycles. The van der Waals surface area contributed by atoms with E-state index >= 15 is 0 Å². The van der Waals surface area contributed by atoms with Gasteiger partial charge in [-0.3, -0.25) is 21.1 Å².